The monoisotopic (exact) mass is 521 g/mol. The molecule has 0 atom stereocenters. The van der Waals surface area contributed by atoms with E-state index < -0.39 is 13.3 Å². The molecule has 1 aliphatic heterocycles. The van der Waals surface area contributed by atoms with Gasteiger partial charge >= 0.3 is 12.0 Å². The Morgan fingerprint density at radius 3 is 2.81 bits per heavy atom. The Balaban J connectivity index is 1.31. The molecule has 0 spiro atoms. The van der Waals surface area contributed by atoms with Crippen LogP contribution < -0.4 is 21.1 Å². The van der Waals surface area contributed by atoms with E-state index in [1.165, 1.54) is 17.4 Å². The number of aromatic amines is 1. The molecule has 3 aromatic heterocycles. The zero-order valence-electron chi connectivity index (χ0n) is 19.8. The van der Waals surface area contributed by atoms with E-state index in [1.807, 2.05) is 4.90 Å². The van der Waals surface area contributed by atoms with Crippen LogP contribution >= 0.6 is 11.3 Å². The van der Waals surface area contributed by atoms with Gasteiger partial charge in [-0.25, -0.2) is 9.78 Å². The maximum absolute atomic E-state index is 12.7. The molecule has 0 aromatic carbocycles. The summed E-state index contributed by atoms with van der Waals surface area (Å²) in [6.07, 6.45) is 4.63. The SMILES string of the molecule is O=C(NCCc1cc[nH]c(=O)c1)Nc1nc2c(s1)CN(c1nc(C(CCCF)CCCF)no1)CC2. The van der Waals surface area contributed by atoms with Gasteiger partial charge in [-0.15, -0.1) is 0 Å². The average Bonchev–Trinajstić information content (AvgIpc) is 3.51. The number of pyridine rings is 1. The average molecular weight is 522 g/mol. The van der Waals surface area contributed by atoms with Crippen LogP contribution in [0.5, 0.6) is 0 Å². The number of aromatic nitrogens is 4. The largest absolute Gasteiger partial charge is 0.337 e. The number of H-pyrrole nitrogens is 1. The van der Waals surface area contributed by atoms with Crippen LogP contribution in [0.4, 0.5) is 24.7 Å². The smallest absolute Gasteiger partial charge is 0.324 e. The van der Waals surface area contributed by atoms with Crippen molar-refractivity contribution in [2.45, 2.75) is 51.0 Å². The number of rotatable bonds is 12. The van der Waals surface area contributed by atoms with Crippen molar-refractivity contribution in [1.29, 1.82) is 0 Å². The van der Waals surface area contributed by atoms with Crippen molar-refractivity contribution in [3.8, 4) is 0 Å². The van der Waals surface area contributed by atoms with Gasteiger partial charge < -0.3 is 19.7 Å². The van der Waals surface area contributed by atoms with Crippen LogP contribution in [0, 0.1) is 0 Å². The number of carbonyl (C=O) groups excluding carboxylic acids is 1. The van der Waals surface area contributed by atoms with E-state index in [0.717, 1.165) is 16.1 Å². The van der Waals surface area contributed by atoms with Crippen LogP contribution in [-0.2, 0) is 19.4 Å². The number of hydrogen-bond donors (Lipinski definition) is 3. The van der Waals surface area contributed by atoms with Crippen LogP contribution in [0.15, 0.2) is 27.6 Å². The van der Waals surface area contributed by atoms with Gasteiger partial charge in [0.15, 0.2) is 11.0 Å². The molecule has 36 heavy (non-hydrogen) atoms. The Labute approximate surface area is 210 Å². The highest BCUT2D eigenvalue weighted by molar-refractivity contribution is 7.15. The highest BCUT2D eigenvalue weighted by Crippen LogP contribution is 2.32. The van der Waals surface area contributed by atoms with E-state index in [1.54, 1.807) is 12.3 Å². The molecule has 0 radical (unpaired) electrons. The van der Waals surface area contributed by atoms with Gasteiger partial charge in [0.05, 0.1) is 25.6 Å². The zero-order chi connectivity index (χ0) is 25.3. The summed E-state index contributed by atoms with van der Waals surface area (Å²) in [7, 11) is 0. The highest BCUT2D eigenvalue weighted by Gasteiger charge is 2.26. The second-order valence-electron chi connectivity index (χ2n) is 8.55. The van der Waals surface area contributed by atoms with Gasteiger partial charge in [-0.2, -0.15) is 4.98 Å². The molecule has 0 saturated heterocycles. The summed E-state index contributed by atoms with van der Waals surface area (Å²) in [5, 5.41) is 10.1. The minimum absolute atomic E-state index is 0.130. The quantitative estimate of drug-likeness (QED) is 0.331. The molecule has 3 aromatic rings. The number of carbonyl (C=O) groups is 1. The van der Waals surface area contributed by atoms with Crippen LogP contribution in [0.3, 0.4) is 0 Å². The third-order valence-electron chi connectivity index (χ3n) is 5.93. The number of anilines is 2. The molecular formula is C23H29F2N7O3S. The molecule has 3 N–H and O–H groups in total. The number of alkyl halides is 2. The van der Waals surface area contributed by atoms with Crippen molar-refractivity contribution in [3.05, 3.63) is 50.6 Å². The van der Waals surface area contributed by atoms with Gasteiger partial charge in [-0.05, 0) is 43.7 Å². The first-order valence-electron chi connectivity index (χ1n) is 12.0. The zero-order valence-corrected chi connectivity index (χ0v) is 20.6. The first kappa shape index (κ1) is 25.7. The van der Waals surface area contributed by atoms with Crippen molar-refractivity contribution in [2.75, 3.05) is 36.7 Å². The van der Waals surface area contributed by atoms with Crippen LogP contribution in [0.2, 0.25) is 0 Å². The number of hydrogen-bond acceptors (Lipinski definition) is 8. The summed E-state index contributed by atoms with van der Waals surface area (Å²) < 4.78 is 30.8. The molecule has 0 fully saturated rings. The summed E-state index contributed by atoms with van der Waals surface area (Å²) in [5.74, 6) is 0.357. The van der Waals surface area contributed by atoms with E-state index in [0.29, 0.717) is 75.1 Å². The van der Waals surface area contributed by atoms with E-state index in [-0.39, 0.29) is 17.5 Å². The topological polar surface area (TPSA) is 129 Å². The molecule has 4 heterocycles. The first-order chi connectivity index (χ1) is 17.6. The Hall–Kier alpha value is -3.35. The van der Waals surface area contributed by atoms with Crippen LogP contribution in [-0.4, -0.2) is 52.6 Å². The van der Waals surface area contributed by atoms with Gasteiger partial charge in [-0.3, -0.25) is 18.9 Å². The normalized spacial score (nSPS) is 13.1. The van der Waals surface area contributed by atoms with Crippen molar-refractivity contribution >= 4 is 28.5 Å². The second kappa shape index (κ2) is 12.6. The number of halogens is 2. The summed E-state index contributed by atoms with van der Waals surface area (Å²) in [5.41, 5.74) is 1.58. The first-order valence-corrected chi connectivity index (χ1v) is 12.8. The predicted molar refractivity (Wildman–Crippen MR) is 132 cm³/mol. The van der Waals surface area contributed by atoms with E-state index in [9.17, 15) is 18.4 Å². The summed E-state index contributed by atoms with van der Waals surface area (Å²) in [6, 6.07) is 3.31. The van der Waals surface area contributed by atoms with Gasteiger partial charge in [0.25, 0.3) is 0 Å². The summed E-state index contributed by atoms with van der Waals surface area (Å²) in [6.45, 7) is 0.657. The third-order valence-corrected chi connectivity index (χ3v) is 6.93. The lowest BCUT2D eigenvalue weighted by Crippen LogP contribution is -2.30. The van der Waals surface area contributed by atoms with Gasteiger partial charge in [0.1, 0.15) is 0 Å². The lowest BCUT2D eigenvalue weighted by atomic mass is 9.97. The Morgan fingerprint density at radius 1 is 1.25 bits per heavy atom. The number of amides is 2. The Bertz CT molecular complexity index is 1190. The number of thiazole rings is 1. The molecule has 0 bridgehead atoms. The Morgan fingerprint density at radius 2 is 2.06 bits per heavy atom. The lowest BCUT2D eigenvalue weighted by Gasteiger charge is -2.23. The molecular weight excluding hydrogens is 492 g/mol. The van der Waals surface area contributed by atoms with Crippen molar-refractivity contribution in [2.24, 2.45) is 0 Å². The maximum atomic E-state index is 12.7. The van der Waals surface area contributed by atoms with E-state index in [2.05, 4.69) is 30.7 Å². The molecule has 2 amide bonds. The highest BCUT2D eigenvalue weighted by atomic mass is 32.1. The molecule has 1 aliphatic rings. The van der Waals surface area contributed by atoms with Crippen LogP contribution in [0.25, 0.3) is 0 Å². The summed E-state index contributed by atoms with van der Waals surface area (Å²) >= 11 is 1.39. The molecule has 10 nitrogen and oxygen atoms in total. The fourth-order valence-electron chi connectivity index (χ4n) is 4.09. The third kappa shape index (κ3) is 6.86. The van der Waals surface area contributed by atoms with Crippen LogP contribution in [0.1, 0.15) is 53.6 Å². The minimum atomic E-state index is -0.431. The van der Waals surface area contributed by atoms with E-state index in [4.69, 9.17) is 4.52 Å². The molecule has 0 saturated carbocycles. The van der Waals surface area contributed by atoms with Gasteiger partial charge in [-0.1, -0.05) is 16.5 Å². The number of nitrogens with zero attached hydrogens (tertiary/aromatic N) is 4. The number of nitrogens with one attached hydrogen (secondary N) is 3. The lowest BCUT2D eigenvalue weighted by molar-refractivity contribution is 0.252. The number of urea groups is 1. The van der Waals surface area contributed by atoms with Crippen molar-refractivity contribution < 1.29 is 18.1 Å². The predicted octanol–water partition coefficient (Wildman–Crippen LogP) is 3.72. The van der Waals surface area contributed by atoms with Gasteiger partial charge in [0, 0.05) is 42.6 Å². The Kier molecular flexibility index (Phi) is 8.98. The molecule has 194 valence electrons. The minimum Gasteiger partial charge on any atom is -0.337 e. The number of fused-ring (bicyclic) bond motifs is 1. The molecule has 13 heteroatoms. The molecule has 0 aliphatic carbocycles. The van der Waals surface area contributed by atoms with E-state index >= 15 is 0 Å². The van der Waals surface area contributed by atoms with Crippen molar-refractivity contribution in [3.63, 3.8) is 0 Å². The molecule has 4 rings (SSSR count). The standard InChI is InChI=1S/C23H29F2N7O3S/c24-8-1-3-16(4-2-9-25)20-29-23(35-31-20)32-12-7-17-18(14-32)36-22(28-17)30-21(34)27-11-6-15-5-10-26-19(33)13-15/h5,10,13,16H,1-4,6-9,11-12,14H2,(H,26,33)(H2,27,28,30,34). The second-order valence-corrected chi connectivity index (χ2v) is 9.63. The fourth-order valence-corrected chi connectivity index (χ4v) is 5.11. The summed E-state index contributed by atoms with van der Waals surface area (Å²) in [4.78, 5) is 38.2. The fraction of sp³-hybridized carbons (Fsp3) is 0.522. The van der Waals surface area contributed by atoms with Gasteiger partial charge in [0.2, 0.25) is 5.56 Å². The maximum Gasteiger partial charge on any atom is 0.324 e. The van der Waals surface area contributed by atoms with Crippen molar-refractivity contribution in [1.82, 2.24) is 25.4 Å². The molecule has 0 unspecified atom stereocenters.